The van der Waals surface area contributed by atoms with Crippen LogP contribution in [0.2, 0.25) is 0 Å². The number of hydrogen-bond donors (Lipinski definition) is 0. The summed E-state index contributed by atoms with van der Waals surface area (Å²) in [4.78, 5) is 3.96. The van der Waals surface area contributed by atoms with Crippen molar-refractivity contribution in [3.05, 3.63) is 30.1 Å². The Labute approximate surface area is 105 Å². The molecular weight excluding hydrogens is 326 g/mol. The van der Waals surface area contributed by atoms with E-state index in [1.807, 2.05) is 12.1 Å². The quantitative estimate of drug-likeness (QED) is 0.778. The van der Waals surface area contributed by atoms with Gasteiger partial charge in [-0.25, -0.2) is 0 Å². The number of aromatic nitrogens is 1. The van der Waals surface area contributed by atoms with Crippen molar-refractivity contribution >= 4 is 31.9 Å². The van der Waals surface area contributed by atoms with Crippen molar-refractivity contribution in [3.63, 3.8) is 0 Å². The Bertz CT molecular complexity index is 312. The van der Waals surface area contributed by atoms with Crippen LogP contribution in [0.25, 0.3) is 0 Å². The second-order valence-electron chi connectivity index (χ2n) is 3.52. The SMILES string of the molecule is BrCC1(Br)COC(c2ccncc2)OC1. The van der Waals surface area contributed by atoms with Crippen LogP contribution in [-0.2, 0) is 9.47 Å². The molecule has 2 heterocycles. The molecule has 1 aromatic heterocycles. The predicted octanol–water partition coefficient (Wildman–Crippen LogP) is 2.66. The molecule has 0 aliphatic carbocycles. The molecule has 2 rings (SSSR count). The van der Waals surface area contributed by atoms with Crippen molar-refractivity contribution in [2.24, 2.45) is 0 Å². The van der Waals surface area contributed by atoms with Gasteiger partial charge in [0, 0.05) is 23.3 Å². The van der Waals surface area contributed by atoms with Crippen LogP contribution in [0.15, 0.2) is 24.5 Å². The van der Waals surface area contributed by atoms with Crippen LogP contribution in [0.5, 0.6) is 0 Å². The molecule has 0 atom stereocenters. The lowest BCUT2D eigenvalue weighted by atomic mass is 10.2. The third-order valence-electron chi connectivity index (χ3n) is 2.20. The van der Waals surface area contributed by atoms with Crippen molar-refractivity contribution in [1.29, 1.82) is 0 Å². The van der Waals surface area contributed by atoms with Gasteiger partial charge in [0.25, 0.3) is 0 Å². The van der Waals surface area contributed by atoms with Crippen LogP contribution < -0.4 is 0 Å². The van der Waals surface area contributed by atoms with E-state index in [2.05, 4.69) is 36.8 Å². The Morgan fingerprint density at radius 3 is 2.47 bits per heavy atom. The topological polar surface area (TPSA) is 31.4 Å². The minimum atomic E-state index is -0.266. The molecule has 1 aromatic rings. The molecule has 1 aliphatic heterocycles. The van der Waals surface area contributed by atoms with E-state index in [0.29, 0.717) is 13.2 Å². The number of ether oxygens (including phenoxy) is 2. The third-order valence-corrected chi connectivity index (χ3v) is 4.77. The summed E-state index contributed by atoms with van der Waals surface area (Å²) in [6, 6.07) is 3.81. The van der Waals surface area contributed by atoms with Crippen molar-refractivity contribution in [2.75, 3.05) is 18.5 Å². The van der Waals surface area contributed by atoms with E-state index in [1.165, 1.54) is 0 Å². The first-order valence-electron chi connectivity index (χ1n) is 4.61. The number of nitrogens with zero attached hydrogens (tertiary/aromatic N) is 1. The Balaban J connectivity index is 2.00. The van der Waals surface area contributed by atoms with E-state index in [1.54, 1.807) is 12.4 Å². The lowest BCUT2D eigenvalue weighted by Gasteiger charge is -2.34. The summed E-state index contributed by atoms with van der Waals surface area (Å²) in [5, 5.41) is 0.809. The Hall–Kier alpha value is 0.0300. The maximum absolute atomic E-state index is 5.64. The molecule has 82 valence electrons. The van der Waals surface area contributed by atoms with Crippen molar-refractivity contribution in [2.45, 2.75) is 10.6 Å². The average molecular weight is 337 g/mol. The van der Waals surface area contributed by atoms with Crippen LogP contribution >= 0.6 is 31.9 Å². The van der Waals surface area contributed by atoms with Gasteiger partial charge in [-0.1, -0.05) is 31.9 Å². The fourth-order valence-electron chi connectivity index (χ4n) is 1.33. The van der Waals surface area contributed by atoms with Crippen LogP contribution in [0.3, 0.4) is 0 Å². The molecular formula is C10H11Br2NO2. The summed E-state index contributed by atoms with van der Waals surface area (Å²) in [6.07, 6.45) is 3.21. The van der Waals surface area contributed by atoms with Gasteiger partial charge < -0.3 is 9.47 Å². The van der Waals surface area contributed by atoms with Crippen molar-refractivity contribution < 1.29 is 9.47 Å². The van der Waals surface area contributed by atoms with Gasteiger partial charge in [0.15, 0.2) is 6.29 Å². The van der Waals surface area contributed by atoms with Crippen LogP contribution in [0.4, 0.5) is 0 Å². The van der Waals surface area contributed by atoms with Crippen molar-refractivity contribution in [3.8, 4) is 0 Å². The molecule has 15 heavy (non-hydrogen) atoms. The summed E-state index contributed by atoms with van der Waals surface area (Å²) in [6.45, 7) is 1.26. The van der Waals surface area contributed by atoms with Gasteiger partial charge in [0.1, 0.15) is 0 Å². The van der Waals surface area contributed by atoms with Crippen LogP contribution in [0, 0.1) is 0 Å². The molecule has 0 bridgehead atoms. The van der Waals surface area contributed by atoms with Crippen LogP contribution in [-0.4, -0.2) is 27.9 Å². The third kappa shape index (κ3) is 2.78. The maximum Gasteiger partial charge on any atom is 0.184 e. The molecule has 0 spiro atoms. The molecule has 0 aromatic carbocycles. The largest absolute Gasteiger partial charge is 0.347 e. The molecule has 0 saturated carbocycles. The molecule has 3 nitrogen and oxygen atoms in total. The first-order valence-corrected chi connectivity index (χ1v) is 6.53. The Morgan fingerprint density at radius 1 is 1.33 bits per heavy atom. The first kappa shape index (κ1) is 11.5. The second kappa shape index (κ2) is 4.91. The summed E-state index contributed by atoms with van der Waals surface area (Å²) >= 11 is 7.01. The van der Waals surface area contributed by atoms with E-state index in [-0.39, 0.29) is 10.6 Å². The minimum Gasteiger partial charge on any atom is -0.347 e. The van der Waals surface area contributed by atoms with Gasteiger partial charge in [0.05, 0.1) is 17.5 Å². The number of rotatable bonds is 2. The zero-order valence-corrected chi connectivity index (χ0v) is 11.2. The highest BCUT2D eigenvalue weighted by molar-refractivity contribution is 9.12. The molecule has 0 unspecified atom stereocenters. The highest BCUT2D eigenvalue weighted by Gasteiger charge is 2.34. The molecule has 1 fully saturated rings. The lowest BCUT2D eigenvalue weighted by Crippen LogP contribution is -2.41. The number of halogens is 2. The van der Waals surface area contributed by atoms with E-state index in [0.717, 1.165) is 10.9 Å². The number of pyridine rings is 1. The van der Waals surface area contributed by atoms with Gasteiger partial charge in [0.2, 0.25) is 0 Å². The van der Waals surface area contributed by atoms with Gasteiger partial charge in [-0.2, -0.15) is 0 Å². The lowest BCUT2D eigenvalue weighted by molar-refractivity contribution is -0.192. The summed E-state index contributed by atoms with van der Waals surface area (Å²) in [5.74, 6) is 0. The Morgan fingerprint density at radius 2 is 1.93 bits per heavy atom. The molecule has 1 saturated heterocycles. The summed E-state index contributed by atoms with van der Waals surface area (Å²) < 4.78 is 11.2. The van der Waals surface area contributed by atoms with E-state index >= 15 is 0 Å². The zero-order valence-electron chi connectivity index (χ0n) is 8.03. The molecule has 0 N–H and O–H groups in total. The van der Waals surface area contributed by atoms with Gasteiger partial charge >= 0.3 is 0 Å². The molecule has 5 heteroatoms. The highest BCUT2D eigenvalue weighted by Crippen LogP contribution is 2.32. The predicted molar refractivity (Wildman–Crippen MR) is 64.3 cm³/mol. The van der Waals surface area contributed by atoms with E-state index in [9.17, 15) is 0 Å². The fraction of sp³-hybridized carbons (Fsp3) is 0.500. The van der Waals surface area contributed by atoms with Gasteiger partial charge in [-0.05, 0) is 12.1 Å². The molecule has 1 aliphatic rings. The average Bonchev–Trinajstić information content (AvgIpc) is 2.31. The van der Waals surface area contributed by atoms with Crippen LogP contribution in [0.1, 0.15) is 11.9 Å². The zero-order chi connectivity index (χ0) is 10.7. The fourth-order valence-corrected chi connectivity index (χ4v) is 1.92. The standard InChI is InChI=1S/C10H11Br2NO2/c11-5-10(12)6-14-9(15-7-10)8-1-3-13-4-2-8/h1-4,9H,5-7H2. The molecule has 0 amide bonds. The van der Waals surface area contributed by atoms with Gasteiger partial charge in [-0.3, -0.25) is 4.98 Å². The highest BCUT2D eigenvalue weighted by atomic mass is 79.9. The smallest absolute Gasteiger partial charge is 0.184 e. The number of alkyl halides is 2. The van der Waals surface area contributed by atoms with Gasteiger partial charge in [-0.15, -0.1) is 0 Å². The first-order chi connectivity index (χ1) is 7.23. The van der Waals surface area contributed by atoms with Crippen molar-refractivity contribution in [1.82, 2.24) is 4.98 Å². The summed E-state index contributed by atoms with van der Waals surface area (Å²) in [7, 11) is 0. The minimum absolute atomic E-state index is 0.101. The molecule has 0 radical (unpaired) electrons. The number of hydrogen-bond acceptors (Lipinski definition) is 3. The normalized spacial score (nSPS) is 31.5. The van der Waals surface area contributed by atoms with E-state index in [4.69, 9.17) is 9.47 Å². The van der Waals surface area contributed by atoms with E-state index < -0.39 is 0 Å². The second-order valence-corrected chi connectivity index (χ2v) is 5.76. The maximum atomic E-state index is 5.64. The monoisotopic (exact) mass is 335 g/mol. The summed E-state index contributed by atoms with van der Waals surface area (Å²) in [5.41, 5.74) is 1.01. The Kier molecular flexibility index (Phi) is 3.77.